The second kappa shape index (κ2) is 6.32. The molecule has 0 bridgehead atoms. The van der Waals surface area contributed by atoms with Gasteiger partial charge in [-0.3, -0.25) is 0 Å². The van der Waals surface area contributed by atoms with Crippen LogP contribution in [0.1, 0.15) is 20.8 Å². The van der Waals surface area contributed by atoms with Crippen LogP contribution < -0.4 is 5.32 Å². The van der Waals surface area contributed by atoms with E-state index >= 15 is 0 Å². The van der Waals surface area contributed by atoms with Crippen LogP contribution in [0.3, 0.4) is 0 Å². The van der Waals surface area contributed by atoms with Crippen LogP contribution in [-0.2, 0) is 10.9 Å². The first kappa shape index (κ1) is 17.2. The number of rotatable bonds is 3. The number of alkyl halides is 3. The fourth-order valence-corrected chi connectivity index (χ4v) is 3.49. The first-order valence-electron chi connectivity index (χ1n) is 7.08. The highest BCUT2D eigenvalue weighted by Gasteiger charge is 2.33. The second-order valence-electron chi connectivity index (χ2n) is 5.12. The summed E-state index contributed by atoms with van der Waals surface area (Å²) in [5, 5.41) is 3.21. The van der Waals surface area contributed by atoms with Gasteiger partial charge in [0.05, 0.1) is 23.7 Å². The van der Waals surface area contributed by atoms with E-state index < -0.39 is 17.7 Å². The molecule has 25 heavy (non-hydrogen) atoms. The first-order valence-corrected chi connectivity index (χ1v) is 7.90. The maximum atomic E-state index is 13.2. The van der Waals surface area contributed by atoms with Crippen molar-refractivity contribution in [2.24, 2.45) is 0 Å². The number of hydrogen-bond acceptors (Lipinski definition) is 6. The highest BCUT2D eigenvalue weighted by molar-refractivity contribution is 7.20. The van der Waals surface area contributed by atoms with E-state index in [1.54, 1.807) is 6.92 Å². The summed E-state index contributed by atoms with van der Waals surface area (Å²) >= 11 is 1.10. The van der Waals surface area contributed by atoms with Crippen molar-refractivity contribution in [2.45, 2.75) is 13.1 Å². The third-order valence-corrected chi connectivity index (χ3v) is 4.76. The number of hydrogen-bond donors (Lipinski definition) is 1. The van der Waals surface area contributed by atoms with Gasteiger partial charge in [0, 0.05) is 0 Å². The number of halogens is 3. The Morgan fingerprint density at radius 2 is 1.96 bits per heavy atom. The molecule has 0 unspecified atom stereocenters. The molecule has 130 valence electrons. The molecule has 1 N–H and O–H groups in total. The Kier molecular flexibility index (Phi) is 4.34. The van der Waals surface area contributed by atoms with Crippen LogP contribution in [0.5, 0.6) is 0 Å². The van der Waals surface area contributed by atoms with E-state index in [1.807, 2.05) is 0 Å². The molecule has 0 fully saturated rings. The summed E-state index contributed by atoms with van der Waals surface area (Å²) < 4.78 is 44.2. The number of methoxy groups -OCH3 is 1. The van der Waals surface area contributed by atoms with Gasteiger partial charge in [-0.05, 0) is 24.6 Å². The largest absolute Gasteiger partial charge is 0.465 e. The summed E-state index contributed by atoms with van der Waals surface area (Å²) in [6.07, 6.45) is -3.27. The smallest absolute Gasteiger partial charge is 0.418 e. The van der Waals surface area contributed by atoms with Crippen molar-refractivity contribution in [3.8, 4) is 0 Å². The van der Waals surface area contributed by atoms with Crippen molar-refractivity contribution < 1.29 is 22.7 Å². The van der Waals surface area contributed by atoms with Crippen molar-refractivity contribution >= 4 is 39.0 Å². The predicted octanol–water partition coefficient (Wildman–Crippen LogP) is 4.55. The Labute approximate surface area is 144 Å². The first-order chi connectivity index (χ1) is 11.8. The van der Waals surface area contributed by atoms with E-state index in [-0.39, 0.29) is 11.5 Å². The van der Waals surface area contributed by atoms with Gasteiger partial charge in [0.15, 0.2) is 0 Å². The molecule has 0 amide bonds. The number of anilines is 2. The van der Waals surface area contributed by atoms with Crippen molar-refractivity contribution in [3.63, 3.8) is 0 Å². The Balaban J connectivity index is 2.12. The van der Waals surface area contributed by atoms with E-state index in [0.29, 0.717) is 20.7 Å². The lowest BCUT2D eigenvalue weighted by Gasteiger charge is -2.14. The Morgan fingerprint density at radius 1 is 1.24 bits per heavy atom. The van der Waals surface area contributed by atoms with Gasteiger partial charge < -0.3 is 10.1 Å². The third-order valence-electron chi connectivity index (χ3n) is 3.58. The van der Waals surface area contributed by atoms with Crippen LogP contribution in [0.2, 0.25) is 0 Å². The molecule has 0 spiro atoms. The Morgan fingerprint density at radius 3 is 2.64 bits per heavy atom. The quantitative estimate of drug-likeness (QED) is 0.688. The fraction of sp³-hybridized carbons (Fsp3) is 0.188. The second-order valence-corrected chi connectivity index (χ2v) is 6.12. The molecule has 5 nitrogen and oxygen atoms in total. The number of nitrogens with one attached hydrogen (secondary N) is 1. The summed E-state index contributed by atoms with van der Waals surface area (Å²) in [6.45, 7) is 1.68. The molecule has 9 heteroatoms. The number of esters is 1. The minimum atomic E-state index is -4.50. The number of aryl methyl sites for hydroxylation is 1. The zero-order valence-corrected chi connectivity index (χ0v) is 14.0. The summed E-state index contributed by atoms with van der Waals surface area (Å²) in [5.41, 5.74) is -0.373. The van der Waals surface area contributed by atoms with Crippen molar-refractivity contribution in [3.05, 3.63) is 46.6 Å². The van der Waals surface area contributed by atoms with E-state index in [2.05, 4.69) is 15.3 Å². The lowest BCUT2D eigenvalue weighted by Crippen LogP contribution is -2.09. The molecule has 3 rings (SSSR count). The lowest BCUT2D eigenvalue weighted by atomic mass is 10.1. The van der Waals surface area contributed by atoms with Gasteiger partial charge in [0.2, 0.25) is 0 Å². The van der Waals surface area contributed by atoms with Gasteiger partial charge in [-0.15, -0.1) is 11.3 Å². The molecular formula is C16H12F3N3O2S. The normalized spacial score (nSPS) is 11.6. The van der Waals surface area contributed by atoms with Crippen LogP contribution >= 0.6 is 11.3 Å². The van der Waals surface area contributed by atoms with E-state index in [1.165, 1.54) is 31.6 Å². The molecule has 0 radical (unpaired) electrons. The number of para-hydroxylation sites is 1. The average Bonchev–Trinajstić information content (AvgIpc) is 2.92. The topological polar surface area (TPSA) is 64.1 Å². The zero-order chi connectivity index (χ0) is 18.2. The SMILES string of the molecule is COC(=O)c1sc2ncnc(Nc3ccccc3C(F)(F)F)c2c1C. The lowest BCUT2D eigenvalue weighted by molar-refractivity contribution is -0.136. The van der Waals surface area contributed by atoms with E-state index in [9.17, 15) is 18.0 Å². The third kappa shape index (κ3) is 3.14. The fourth-order valence-electron chi connectivity index (χ4n) is 2.42. The minimum Gasteiger partial charge on any atom is -0.465 e. The molecule has 0 aliphatic rings. The number of ether oxygens (including phenoxy) is 1. The maximum Gasteiger partial charge on any atom is 0.418 e. The predicted molar refractivity (Wildman–Crippen MR) is 88.2 cm³/mol. The number of nitrogens with zero attached hydrogens (tertiary/aromatic N) is 2. The molecule has 1 aromatic carbocycles. The highest BCUT2D eigenvalue weighted by Crippen LogP contribution is 2.38. The summed E-state index contributed by atoms with van der Waals surface area (Å²) in [6, 6.07) is 5.12. The van der Waals surface area contributed by atoms with Crippen LogP contribution in [0.25, 0.3) is 10.2 Å². The molecule has 2 heterocycles. The number of carbonyl (C=O) groups is 1. The van der Waals surface area contributed by atoms with Gasteiger partial charge >= 0.3 is 12.1 Å². The molecule has 3 aromatic rings. The van der Waals surface area contributed by atoms with Crippen LogP contribution in [0, 0.1) is 6.92 Å². The summed E-state index contributed by atoms with van der Waals surface area (Å²) in [4.78, 5) is 20.8. The van der Waals surface area contributed by atoms with Gasteiger partial charge in [-0.1, -0.05) is 12.1 Å². The van der Waals surface area contributed by atoms with Crippen LogP contribution in [-0.4, -0.2) is 23.0 Å². The monoisotopic (exact) mass is 367 g/mol. The average molecular weight is 367 g/mol. The Hall–Kier alpha value is -2.68. The van der Waals surface area contributed by atoms with Crippen LogP contribution in [0.4, 0.5) is 24.7 Å². The molecule has 0 aliphatic heterocycles. The van der Waals surface area contributed by atoms with Crippen molar-refractivity contribution in [1.29, 1.82) is 0 Å². The van der Waals surface area contributed by atoms with Gasteiger partial charge in [-0.2, -0.15) is 13.2 Å². The number of aromatic nitrogens is 2. The standard InChI is InChI=1S/C16H12F3N3O2S/c1-8-11-13(20-7-21-14(11)25-12(8)15(23)24-2)22-10-6-4-3-5-9(10)16(17,18)19/h3-7H,1-2H3,(H,20,21,22). The molecular weight excluding hydrogens is 355 g/mol. The van der Waals surface area contributed by atoms with Gasteiger partial charge in [0.1, 0.15) is 21.9 Å². The maximum absolute atomic E-state index is 13.2. The highest BCUT2D eigenvalue weighted by atomic mass is 32.1. The molecule has 2 aromatic heterocycles. The number of fused-ring (bicyclic) bond motifs is 1. The van der Waals surface area contributed by atoms with Crippen LogP contribution in [0.15, 0.2) is 30.6 Å². The number of benzene rings is 1. The molecule has 0 aliphatic carbocycles. The molecule has 0 saturated heterocycles. The van der Waals surface area contributed by atoms with E-state index in [4.69, 9.17) is 4.74 Å². The van der Waals surface area contributed by atoms with E-state index in [0.717, 1.165) is 17.4 Å². The number of carbonyl (C=O) groups excluding carboxylic acids is 1. The van der Waals surface area contributed by atoms with Crippen molar-refractivity contribution in [2.75, 3.05) is 12.4 Å². The van der Waals surface area contributed by atoms with Gasteiger partial charge in [-0.25, -0.2) is 14.8 Å². The Bertz CT molecular complexity index is 953. The summed E-state index contributed by atoms with van der Waals surface area (Å²) in [5.74, 6) is -0.326. The van der Waals surface area contributed by atoms with Crippen molar-refractivity contribution in [1.82, 2.24) is 9.97 Å². The zero-order valence-electron chi connectivity index (χ0n) is 13.1. The minimum absolute atomic E-state index is 0.125. The number of thiophene rings is 1. The summed E-state index contributed by atoms with van der Waals surface area (Å²) in [7, 11) is 1.26. The molecule has 0 saturated carbocycles. The molecule has 0 atom stereocenters. The van der Waals surface area contributed by atoms with Gasteiger partial charge in [0.25, 0.3) is 0 Å².